The Hall–Kier alpha value is -0.820. The molecule has 2 aliphatic rings. The van der Waals surface area contributed by atoms with Gasteiger partial charge in [0.1, 0.15) is 0 Å². The molecule has 0 amide bonds. The molecule has 2 N–H and O–H groups in total. The van der Waals surface area contributed by atoms with Crippen molar-refractivity contribution in [3.05, 3.63) is 35.4 Å². The Morgan fingerprint density at radius 1 is 1.29 bits per heavy atom. The fourth-order valence-electron chi connectivity index (χ4n) is 3.07. The van der Waals surface area contributed by atoms with Crippen LogP contribution in [0.4, 0.5) is 0 Å². The largest absolute Gasteiger partial charge is 0.330 e. The van der Waals surface area contributed by atoms with E-state index < -0.39 is 0 Å². The minimum Gasteiger partial charge on any atom is -0.330 e. The quantitative estimate of drug-likeness (QED) is 0.755. The molecule has 1 nitrogen and oxygen atoms in total. The van der Waals surface area contributed by atoms with Crippen molar-refractivity contribution in [2.24, 2.45) is 17.6 Å². The van der Waals surface area contributed by atoms with E-state index in [1.807, 2.05) is 0 Å². The van der Waals surface area contributed by atoms with Crippen molar-refractivity contribution in [1.29, 1.82) is 0 Å². The van der Waals surface area contributed by atoms with E-state index in [9.17, 15) is 0 Å². The van der Waals surface area contributed by atoms with Crippen molar-refractivity contribution in [2.45, 2.75) is 25.2 Å². The van der Waals surface area contributed by atoms with Gasteiger partial charge in [-0.25, -0.2) is 0 Å². The SMILES string of the molecule is NCC1CC1C1CCc2ccccc21. The Morgan fingerprint density at radius 3 is 2.93 bits per heavy atom. The van der Waals surface area contributed by atoms with E-state index >= 15 is 0 Å². The molecule has 0 saturated heterocycles. The van der Waals surface area contributed by atoms with E-state index in [4.69, 9.17) is 5.73 Å². The van der Waals surface area contributed by atoms with Gasteiger partial charge in [-0.3, -0.25) is 0 Å². The van der Waals surface area contributed by atoms with Crippen LogP contribution >= 0.6 is 0 Å². The summed E-state index contributed by atoms with van der Waals surface area (Å²) in [6, 6.07) is 8.94. The molecule has 2 aliphatic carbocycles. The Morgan fingerprint density at radius 2 is 2.14 bits per heavy atom. The smallest absolute Gasteiger partial charge is 0.00459 e. The lowest BCUT2D eigenvalue weighted by molar-refractivity contribution is 0.556. The van der Waals surface area contributed by atoms with Gasteiger partial charge in [-0.05, 0) is 54.7 Å². The van der Waals surface area contributed by atoms with Crippen LogP contribution in [0.2, 0.25) is 0 Å². The summed E-state index contributed by atoms with van der Waals surface area (Å²) in [6.45, 7) is 0.892. The predicted octanol–water partition coefficient (Wildman–Crippen LogP) is 2.31. The van der Waals surface area contributed by atoms with Crippen molar-refractivity contribution in [2.75, 3.05) is 6.54 Å². The van der Waals surface area contributed by atoms with Crippen molar-refractivity contribution in [3.8, 4) is 0 Å². The Balaban J connectivity index is 1.85. The fraction of sp³-hybridized carbons (Fsp3) is 0.538. The molecule has 3 atom stereocenters. The summed E-state index contributed by atoms with van der Waals surface area (Å²) in [5.74, 6) is 2.56. The van der Waals surface area contributed by atoms with Crippen molar-refractivity contribution in [1.82, 2.24) is 0 Å². The third-order valence-corrected chi connectivity index (χ3v) is 3.98. The van der Waals surface area contributed by atoms with E-state index in [1.165, 1.54) is 19.3 Å². The van der Waals surface area contributed by atoms with Crippen LogP contribution in [-0.2, 0) is 6.42 Å². The van der Waals surface area contributed by atoms with Gasteiger partial charge in [0, 0.05) is 0 Å². The minimum atomic E-state index is 0.825. The molecular weight excluding hydrogens is 170 g/mol. The second-order valence-electron chi connectivity index (χ2n) is 4.74. The van der Waals surface area contributed by atoms with Crippen LogP contribution in [0.25, 0.3) is 0 Å². The second-order valence-corrected chi connectivity index (χ2v) is 4.74. The maximum absolute atomic E-state index is 5.71. The maximum atomic E-state index is 5.71. The molecule has 0 spiro atoms. The van der Waals surface area contributed by atoms with Crippen LogP contribution in [0.5, 0.6) is 0 Å². The lowest BCUT2D eigenvalue weighted by Crippen LogP contribution is -2.06. The summed E-state index contributed by atoms with van der Waals surface area (Å²) in [6.07, 6.45) is 4.02. The molecule has 1 aromatic carbocycles. The molecule has 3 rings (SSSR count). The van der Waals surface area contributed by atoms with E-state index in [1.54, 1.807) is 11.1 Å². The van der Waals surface area contributed by atoms with Crippen LogP contribution in [0.1, 0.15) is 29.9 Å². The van der Waals surface area contributed by atoms with E-state index in [2.05, 4.69) is 24.3 Å². The van der Waals surface area contributed by atoms with Gasteiger partial charge in [-0.15, -0.1) is 0 Å². The molecule has 1 fully saturated rings. The van der Waals surface area contributed by atoms with E-state index in [-0.39, 0.29) is 0 Å². The summed E-state index contributed by atoms with van der Waals surface area (Å²) in [4.78, 5) is 0. The zero-order valence-corrected chi connectivity index (χ0v) is 8.45. The molecule has 0 bridgehead atoms. The highest BCUT2D eigenvalue weighted by molar-refractivity contribution is 5.36. The highest BCUT2D eigenvalue weighted by Crippen LogP contribution is 2.52. The van der Waals surface area contributed by atoms with Crippen molar-refractivity contribution >= 4 is 0 Å². The van der Waals surface area contributed by atoms with Gasteiger partial charge in [-0.2, -0.15) is 0 Å². The maximum Gasteiger partial charge on any atom is -0.00459 e. The average Bonchev–Trinajstić information content (AvgIpc) is 2.90. The zero-order valence-electron chi connectivity index (χ0n) is 8.45. The third kappa shape index (κ3) is 1.19. The summed E-state index contributed by atoms with van der Waals surface area (Å²) >= 11 is 0. The van der Waals surface area contributed by atoms with Crippen LogP contribution < -0.4 is 5.73 Å². The highest BCUT2D eigenvalue weighted by atomic mass is 14.6. The molecule has 1 heteroatoms. The monoisotopic (exact) mass is 187 g/mol. The third-order valence-electron chi connectivity index (χ3n) is 3.98. The minimum absolute atomic E-state index is 0.825. The van der Waals surface area contributed by atoms with Crippen molar-refractivity contribution < 1.29 is 0 Å². The lowest BCUT2D eigenvalue weighted by Gasteiger charge is -2.10. The van der Waals surface area contributed by atoms with Gasteiger partial charge < -0.3 is 5.73 Å². The van der Waals surface area contributed by atoms with Crippen LogP contribution in [-0.4, -0.2) is 6.54 Å². The summed E-state index contributed by atoms with van der Waals surface area (Å²) < 4.78 is 0. The number of benzene rings is 1. The molecule has 14 heavy (non-hydrogen) atoms. The number of hydrogen-bond donors (Lipinski definition) is 1. The van der Waals surface area contributed by atoms with Gasteiger partial charge in [0.15, 0.2) is 0 Å². The molecular formula is C13H17N. The first-order valence-corrected chi connectivity index (χ1v) is 5.68. The normalized spacial score (nSPS) is 34.2. The first kappa shape index (κ1) is 8.49. The van der Waals surface area contributed by atoms with Crippen LogP contribution in [0.15, 0.2) is 24.3 Å². The predicted molar refractivity (Wildman–Crippen MR) is 58.2 cm³/mol. The zero-order chi connectivity index (χ0) is 9.54. The first-order valence-electron chi connectivity index (χ1n) is 5.68. The number of aryl methyl sites for hydroxylation is 1. The number of rotatable bonds is 2. The molecule has 3 unspecified atom stereocenters. The second kappa shape index (κ2) is 3.09. The van der Waals surface area contributed by atoms with E-state index in [0.717, 1.165) is 24.3 Å². The van der Waals surface area contributed by atoms with Gasteiger partial charge in [0.05, 0.1) is 0 Å². The molecule has 0 radical (unpaired) electrons. The Bertz CT molecular complexity index is 345. The molecule has 0 aromatic heterocycles. The summed E-state index contributed by atoms with van der Waals surface area (Å²) in [5, 5.41) is 0. The standard InChI is InChI=1S/C13H17N/c14-8-10-7-13(10)12-6-5-9-3-1-2-4-11(9)12/h1-4,10,12-13H,5-8,14H2. The van der Waals surface area contributed by atoms with Gasteiger partial charge in [-0.1, -0.05) is 24.3 Å². The molecule has 1 saturated carbocycles. The molecule has 0 heterocycles. The fourth-order valence-corrected chi connectivity index (χ4v) is 3.07. The Labute approximate surface area is 85.3 Å². The average molecular weight is 187 g/mol. The molecule has 74 valence electrons. The number of hydrogen-bond acceptors (Lipinski definition) is 1. The van der Waals surface area contributed by atoms with E-state index in [0.29, 0.717) is 0 Å². The van der Waals surface area contributed by atoms with Crippen LogP contribution in [0.3, 0.4) is 0 Å². The lowest BCUT2D eigenvalue weighted by atomic mass is 9.95. The Kier molecular flexibility index (Phi) is 1.88. The van der Waals surface area contributed by atoms with Gasteiger partial charge >= 0.3 is 0 Å². The summed E-state index contributed by atoms with van der Waals surface area (Å²) in [7, 11) is 0. The van der Waals surface area contributed by atoms with Crippen molar-refractivity contribution in [3.63, 3.8) is 0 Å². The van der Waals surface area contributed by atoms with Gasteiger partial charge in [0.2, 0.25) is 0 Å². The highest BCUT2D eigenvalue weighted by Gasteiger charge is 2.44. The molecule has 1 aromatic rings. The summed E-state index contributed by atoms with van der Waals surface area (Å²) in [5.41, 5.74) is 8.91. The molecule has 0 aliphatic heterocycles. The first-order chi connectivity index (χ1) is 6.90. The van der Waals surface area contributed by atoms with Gasteiger partial charge in [0.25, 0.3) is 0 Å². The number of fused-ring (bicyclic) bond motifs is 1. The number of nitrogens with two attached hydrogens (primary N) is 1. The van der Waals surface area contributed by atoms with Crippen LogP contribution in [0, 0.1) is 11.8 Å². The topological polar surface area (TPSA) is 26.0 Å².